The third-order valence-corrected chi connectivity index (χ3v) is 4.51. The SMILES string of the molecule is O=C(O)c1ccc(S(=O)(=O)CC(=O)c2ccccc2)cc1. The van der Waals surface area contributed by atoms with Gasteiger partial charge in [-0.25, -0.2) is 13.2 Å². The van der Waals surface area contributed by atoms with E-state index in [1.54, 1.807) is 30.3 Å². The number of hydrogen-bond donors (Lipinski definition) is 1. The summed E-state index contributed by atoms with van der Waals surface area (Å²) in [4.78, 5) is 22.6. The van der Waals surface area contributed by atoms with Crippen molar-refractivity contribution in [2.45, 2.75) is 4.90 Å². The van der Waals surface area contributed by atoms with Crippen LogP contribution in [0.15, 0.2) is 59.5 Å². The minimum Gasteiger partial charge on any atom is -0.478 e. The van der Waals surface area contributed by atoms with Crippen LogP contribution in [-0.2, 0) is 9.84 Å². The van der Waals surface area contributed by atoms with Gasteiger partial charge in [-0.2, -0.15) is 0 Å². The second-order valence-electron chi connectivity index (χ2n) is 4.38. The predicted octanol–water partition coefficient (Wildman–Crippen LogP) is 2.04. The zero-order valence-corrected chi connectivity index (χ0v) is 11.7. The van der Waals surface area contributed by atoms with Gasteiger partial charge in [0.2, 0.25) is 0 Å². The average molecular weight is 304 g/mol. The van der Waals surface area contributed by atoms with E-state index in [0.29, 0.717) is 5.56 Å². The van der Waals surface area contributed by atoms with Gasteiger partial charge >= 0.3 is 5.97 Å². The molecule has 0 aliphatic carbocycles. The number of benzene rings is 2. The fourth-order valence-corrected chi connectivity index (χ4v) is 3.00. The van der Waals surface area contributed by atoms with Crippen LogP contribution in [0.25, 0.3) is 0 Å². The summed E-state index contributed by atoms with van der Waals surface area (Å²) in [5.41, 5.74) is 0.312. The van der Waals surface area contributed by atoms with Crippen molar-refractivity contribution in [2.24, 2.45) is 0 Å². The second kappa shape index (κ2) is 5.88. The fraction of sp³-hybridized carbons (Fsp3) is 0.0667. The molecule has 6 heteroatoms. The van der Waals surface area contributed by atoms with Gasteiger partial charge in [-0.15, -0.1) is 0 Å². The number of carbonyl (C=O) groups is 2. The number of sulfone groups is 1. The van der Waals surface area contributed by atoms with Crippen molar-refractivity contribution in [2.75, 3.05) is 5.75 Å². The van der Waals surface area contributed by atoms with Crippen molar-refractivity contribution in [1.82, 2.24) is 0 Å². The summed E-state index contributed by atoms with van der Waals surface area (Å²) in [5, 5.41) is 8.77. The molecule has 5 nitrogen and oxygen atoms in total. The van der Waals surface area contributed by atoms with Gasteiger partial charge < -0.3 is 5.11 Å². The quantitative estimate of drug-likeness (QED) is 0.854. The maximum Gasteiger partial charge on any atom is 0.335 e. The highest BCUT2D eigenvalue weighted by Gasteiger charge is 2.20. The number of Topliss-reactive ketones (excluding diaryl/α,β-unsaturated/α-hetero) is 1. The summed E-state index contributed by atoms with van der Waals surface area (Å²) in [6.45, 7) is 0. The van der Waals surface area contributed by atoms with Gasteiger partial charge in [0.25, 0.3) is 0 Å². The van der Waals surface area contributed by atoms with Crippen molar-refractivity contribution < 1.29 is 23.1 Å². The Hall–Kier alpha value is -2.47. The smallest absolute Gasteiger partial charge is 0.335 e. The molecule has 108 valence electrons. The van der Waals surface area contributed by atoms with Crippen molar-refractivity contribution in [3.05, 3.63) is 65.7 Å². The lowest BCUT2D eigenvalue weighted by Gasteiger charge is -2.04. The molecule has 1 N–H and O–H groups in total. The molecule has 0 heterocycles. The second-order valence-corrected chi connectivity index (χ2v) is 6.37. The summed E-state index contributed by atoms with van der Waals surface area (Å²) in [6.07, 6.45) is 0. The molecule has 0 saturated carbocycles. The first-order valence-corrected chi connectivity index (χ1v) is 7.70. The highest BCUT2D eigenvalue weighted by Crippen LogP contribution is 2.14. The van der Waals surface area contributed by atoms with Crippen molar-refractivity contribution in [3.63, 3.8) is 0 Å². The molecule has 0 aliphatic rings. The molecule has 0 aliphatic heterocycles. The Bertz CT molecular complexity index is 761. The highest BCUT2D eigenvalue weighted by molar-refractivity contribution is 7.92. The van der Waals surface area contributed by atoms with Gasteiger partial charge in [0, 0.05) is 5.56 Å². The first kappa shape index (κ1) is 14.9. The molecule has 0 saturated heterocycles. The lowest BCUT2D eigenvalue weighted by Crippen LogP contribution is -2.16. The van der Waals surface area contributed by atoms with E-state index in [0.717, 1.165) is 0 Å². The third-order valence-electron chi connectivity index (χ3n) is 2.88. The number of carbonyl (C=O) groups excluding carboxylic acids is 1. The lowest BCUT2D eigenvalue weighted by molar-refractivity contribution is 0.0696. The zero-order chi connectivity index (χ0) is 15.5. The van der Waals surface area contributed by atoms with Crippen molar-refractivity contribution in [1.29, 1.82) is 0 Å². The Balaban J connectivity index is 2.22. The average Bonchev–Trinajstić information content (AvgIpc) is 2.48. The molecule has 0 radical (unpaired) electrons. The molecule has 2 aromatic rings. The van der Waals surface area contributed by atoms with E-state index in [2.05, 4.69) is 0 Å². The molecule has 2 rings (SSSR count). The van der Waals surface area contributed by atoms with Gasteiger partial charge in [0.05, 0.1) is 10.5 Å². The predicted molar refractivity (Wildman–Crippen MR) is 76.2 cm³/mol. The van der Waals surface area contributed by atoms with E-state index in [4.69, 9.17) is 5.11 Å². The monoisotopic (exact) mass is 304 g/mol. The van der Waals surface area contributed by atoms with Crippen LogP contribution >= 0.6 is 0 Å². The summed E-state index contributed by atoms with van der Waals surface area (Å²) in [7, 11) is -3.79. The van der Waals surface area contributed by atoms with E-state index in [-0.39, 0.29) is 10.5 Å². The van der Waals surface area contributed by atoms with E-state index in [9.17, 15) is 18.0 Å². The highest BCUT2D eigenvalue weighted by atomic mass is 32.2. The Morgan fingerprint density at radius 2 is 1.43 bits per heavy atom. The number of carboxylic acid groups (broad SMARTS) is 1. The van der Waals surface area contributed by atoms with Crippen molar-refractivity contribution in [3.8, 4) is 0 Å². The van der Waals surface area contributed by atoms with Crippen LogP contribution in [-0.4, -0.2) is 31.0 Å². The van der Waals surface area contributed by atoms with Crippen LogP contribution in [0.4, 0.5) is 0 Å². The van der Waals surface area contributed by atoms with E-state index in [1.165, 1.54) is 24.3 Å². The molecular weight excluding hydrogens is 292 g/mol. The molecular formula is C15H12O5S. The third kappa shape index (κ3) is 3.55. The fourth-order valence-electron chi connectivity index (χ4n) is 1.77. The van der Waals surface area contributed by atoms with Gasteiger partial charge in [-0.1, -0.05) is 30.3 Å². The zero-order valence-electron chi connectivity index (χ0n) is 10.9. The molecule has 21 heavy (non-hydrogen) atoms. The number of ketones is 1. The first-order valence-electron chi connectivity index (χ1n) is 6.04. The minimum absolute atomic E-state index is 0.0108. The number of carboxylic acids is 1. The van der Waals surface area contributed by atoms with Crippen LogP contribution in [0.5, 0.6) is 0 Å². The number of hydrogen-bond acceptors (Lipinski definition) is 4. The van der Waals surface area contributed by atoms with Crippen molar-refractivity contribution >= 4 is 21.6 Å². The van der Waals surface area contributed by atoms with E-state index < -0.39 is 27.3 Å². The summed E-state index contributed by atoms with van der Waals surface area (Å²) >= 11 is 0. The number of aromatic carboxylic acids is 1. The summed E-state index contributed by atoms with van der Waals surface area (Å²) in [5.74, 6) is -2.29. The molecule has 0 unspecified atom stereocenters. The standard InChI is InChI=1S/C15H12O5S/c16-14(11-4-2-1-3-5-11)10-21(19,20)13-8-6-12(7-9-13)15(17)18/h1-9H,10H2,(H,17,18). The maximum atomic E-state index is 12.1. The maximum absolute atomic E-state index is 12.1. The Labute approximate surface area is 121 Å². The van der Waals surface area contributed by atoms with Crippen LogP contribution in [0.3, 0.4) is 0 Å². The van der Waals surface area contributed by atoms with Gasteiger partial charge in [0.15, 0.2) is 15.6 Å². The number of rotatable bonds is 5. The minimum atomic E-state index is -3.79. The Morgan fingerprint density at radius 3 is 1.95 bits per heavy atom. The van der Waals surface area contributed by atoms with Gasteiger partial charge in [-0.05, 0) is 24.3 Å². The van der Waals surface area contributed by atoms with Crippen LogP contribution in [0, 0.1) is 0 Å². The van der Waals surface area contributed by atoms with E-state index in [1.807, 2.05) is 0 Å². The Kier molecular flexibility index (Phi) is 4.18. The Morgan fingerprint density at radius 1 is 0.857 bits per heavy atom. The molecule has 0 fully saturated rings. The normalized spacial score (nSPS) is 11.0. The van der Waals surface area contributed by atoms with Crippen LogP contribution in [0.1, 0.15) is 20.7 Å². The first-order chi connectivity index (χ1) is 9.90. The molecule has 0 bridgehead atoms. The van der Waals surface area contributed by atoms with Gasteiger partial charge in [0.1, 0.15) is 5.75 Å². The largest absolute Gasteiger partial charge is 0.478 e. The van der Waals surface area contributed by atoms with E-state index >= 15 is 0 Å². The molecule has 0 amide bonds. The lowest BCUT2D eigenvalue weighted by atomic mass is 10.2. The molecule has 2 aromatic carbocycles. The summed E-state index contributed by atoms with van der Waals surface area (Å²) in [6, 6.07) is 12.9. The molecule has 0 spiro atoms. The van der Waals surface area contributed by atoms with Gasteiger partial charge in [-0.3, -0.25) is 4.79 Å². The van der Waals surface area contributed by atoms with Crippen LogP contribution in [0.2, 0.25) is 0 Å². The van der Waals surface area contributed by atoms with Crippen LogP contribution < -0.4 is 0 Å². The topological polar surface area (TPSA) is 88.5 Å². The summed E-state index contributed by atoms with van der Waals surface area (Å²) < 4.78 is 24.3. The molecule has 0 atom stereocenters. The molecule has 0 aromatic heterocycles.